The van der Waals surface area contributed by atoms with Crippen LogP contribution in [0, 0.1) is 0 Å². The minimum absolute atomic E-state index is 0.0930. The maximum atomic E-state index is 13.0. The van der Waals surface area contributed by atoms with Gasteiger partial charge in [-0.3, -0.25) is 14.5 Å². The number of halogens is 3. The van der Waals surface area contributed by atoms with E-state index in [9.17, 15) is 22.8 Å². The van der Waals surface area contributed by atoms with E-state index in [0.717, 1.165) is 23.9 Å². The van der Waals surface area contributed by atoms with Crippen LogP contribution >= 0.6 is 11.8 Å². The minimum atomic E-state index is -4.80. The number of para-hydroxylation sites is 1. The Kier molecular flexibility index (Phi) is 6.73. The third-order valence-corrected chi connectivity index (χ3v) is 5.31. The molecule has 0 bridgehead atoms. The average Bonchev–Trinajstić information content (AvgIpc) is 3.41. The van der Waals surface area contributed by atoms with Gasteiger partial charge in [-0.25, -0.2) is 4.99 Å². The van der Waals surface area contributed by atoms with Crippen molar-refractivity contribution in [2.24, 2.45) is 4.99 Å². The lowest BCUT2D eigenvalue weighted by Crippen LogP contribution is -2.31. The first-order chi connectivity index (χ1) is 16.3. The third kappa shape index (κ3) is 5.87. The summed E-state index contributed by atoms with van der Waals surface area (Å²) in [5, 5.41) is 2.89. The number of amides is 2. The fourth-order valence-corrected chi connectivity index (χ4v) is 3.79. The largest absolute Gasteiger partial charge is 0.573 e. The summed E-state index contributed by atoms with van der Waals surface area (Å²) < 4.78 is 45.9. The van der Waals surface area contributed by atoms with Crippen LogP contribution in [0.3, 0.4) is 0 Å². The van der Waals surface area contributed by atoms with Crippen LogP contribution in [0.25, 0.3) is 6.08 Å². The highest BCUT2D eigenvalue weighted by atomic mass is 32.2. The summed E-state index contributed by atoms with van der Waals surface area (Å²) in [6.45, 7) is 0. The predicted molar refractivity (Wildman–Crippen MR) is 122 cm³/mol. The lowest BCUT2D eigenvalue weighted by atomic mass is 10.2. The van der Waals surface area contributed by atoms with E-state index in [1.807, 2.05) is 6.07 Å². The van der Waals surface area contributed by atoms with E-state index < -0.39 is 18.0 Å². The number of hydrogen-bond donors (Lipinski definition) is 1. The predicted octanol–water partition coefficient (Wildman–Crippen LogP) is 5.29. The minimum Gasteiger partial charge on any atom is -0.465 e. The molecular formula is C23H16F3N3O4S. The van der Waals surface area contributed by atoms with Crippen molar-refractivity contribution in [3.63, 3.8) is 0 Å². The first-order valence-electron chi connectivity index (χ1n) is 9.80. The number of anilines is 2. The molecular weight excluding hydrogens is 471 g/mol. The van der Waals surface area contributed by atoms with Crippen molar-refractivity contribution in [2.75, 3.05) is 16.0 Å². The average molecular weight is 487 g/mol. The van der Waals surface area contributed by atoms with Gasteiger partial charge in [0.15, 0.2) is 5.17 Å². The molecule has 2 heterocycles. The summed E-state index contributed by atoms with van der Waals surface area (Å²) in [6.07, 6.45) is -1.81. The zero-order chi connectivity index (χ0) is 24.1. The fourth-order valence-electron chi connectivity index (χ4n) is 2.97. The molecule has 0 unspecified atom stereocenters. The van der Waals surface area contributed by atoms with Crippen molar-refractivity contribution >= 4 is 46.2 Å². The molecule has 1 aliphatic heterocycles. The van der Waals surface area contributed by atoms with Crippen LogP contribution in [-0.2, 0) is 9.59 Å². The van der Waals surface area contributed by atoms with Gasteiger partial charge in [-0.05, 0) is 48.5 Å². The first kappa shape index (κ1) is 23.2. The van der Waals surface area contributed by atoms with Crippen LogP contribution in [0.2, 0.25) is 0 Å². The van der Waals surface area contributed by atoms with Gasteiger partial charge < -0.3 is 14.5 Å². The molecule has 0 saturated carbocycles. The number of carbonyl (C=O) groups excluding carboxylic acids is 2. The maximum absolute atomic E-state index is 13.0. The van der Waals surface area contributed by atoms with Crippen LogP contribution in [0.5, 0.6) is 5.75 Å². The number of aliphatic imine (C=N–C) groups is 1. The van der Waals surface area contributed by atoms with E-state index >= 15 is 0 Å². The highest BCUT2D eigenvalue weighted by molar-refractivity contribution is 8.14. The molecule has 2 amide bonds. The van der Waals surface area contributed by atoms with Crippen LogP contribution in [-0.4, -0.2) is 29.1 Å². The van der Waals surface area contributed by atoms with Crippen LogP contribution in [0.15, 0.2) is 88.1 Å². The van der Waals surface area contributed by atoms with Gasteiger partial charge >= 0.3 is 6.36 Å². The fraction of sp³-hybridized carbons (Fsp3) is 0.0870. The normalized spacial score (nSPS) is 14.9. The number of rotatable bonds is 6. The molecule has 0 atom stereocenters. The number of nitrogens with one attached hydrogen (secondary N) is 1. The molecule has 1 N–H and O–H groups in total. The molecule has 34 heavy (non-hydrogen) atoms. The van der Waals surface area contributed by atoms with Crippen LogP contribution in [0.1, 0.15) is 5.76 Å². The van der Waals surface area contributed by atoms with E-state index in [-0.39, 0.29) is 17.4 Å². The van der Waals surface area contributed by atoms with Gasteiger partial charge in [0, 0.05) is 11.8 Å². The van der Waals surface area contributed by atoms with Crippen LogP contribution < -0.4 is 15.0 Å². The van der Waals surface area contributed by atoms with Gasteiger partial charge in [0.05, 0.1) is 17.7 Å². The van der Waals surface area contributed by atoms with E-state index in [4.69, 9.17) is 4.42 Å². The zero-order valence-corrected chi connectivity index (χ0v) is 18.1. The quantitative estimate of drug-likeness (QED) is 0.478. The number of hydrogen-bond acceptors (Lipinski definition) is 6. The summed E-state index contributed by atoms with van der Waals surface area (Å²) in [6, 6.07) is 17.0. The smallest absolute Gasteiger partial charge is 0.465 e. The number of thioether (sulfide) groups is 1. The van der Waals surface area contributed by atoms with E-state index in [1.54, 1.807) is 36.4 Å². The molecule has 11 heteroatoms. The topological polar surface area (TPSA) is 84.1 Å². The zero-order valence-electron chi connectivity index (χ0n) is 17.3. The van der Waals surface area contributed by atoms with Gasteiger partial charge in [0.25, 0.3) is 5.91 Å². The van der Waals surface area contributed by atoms with Crippen molar-refractivity contribution in [1.82, 2.24) is 0 Å². The number of furan rings is 1. The highest BCUT2D eigenvalue weighted by Crippen LogP contribution is 2.29. The van der Waals surface area contributed by atoms with Gasteiger partial charge in [-0.15, -0.1) is 13.2 Å². The molecule has 3 aromatic rings. The number of carbonyl (C=O) groups is 2. The molecule has 174 valence electrons. The summed E-state index contributed by atoms with van der Waals surface area (Å²) in [5.41, 5.74) is 1.03. The molecule has 0 fully saturated rings. The Labute approximate surface area is 195 Å². The van der Waals surface area contributed by atoms with E-state index in [2.05, 4.69) is 15.0 Å². The summed E-state index contributed by atoms with van der Waals surface area (Å²) in [5.74, 6) is -0.827. The van der Waals surface area contributed by atoms with E-state index in [1.165, 1.54) is 29.4 Å². The summed E-state index contributed by atoms with van der Waals surface area (Å²) >= 11 is 1.04. The second kappa shape index (κ2) is 9.87. The summed E-state index contributed by atoms with van der Waals surface area (Å²) in [7, 11) is 0. The lowest BCUT2D eigenvalue weighted by Gasteiger charge is -2.17. The standard InChI is InChI=1S/C23H16F3N3O4S/c24-23(25,26)33-17-10-8-15(9-11-17)27-20(30)14-34-22-28-19(13-18-7-4-12-32-18)21(31)29(22)16-5-2-1-3-6-16/h1-13H,14H2,(H,27,30). The van der Waals surface area contributed by atoms with Crippen LogP contribution in [0.4, 0.5) is 24.5 Å². The third-order valence-electron chi connectivity index (χ3n) is 4.37. The molecule has 0 saturated heterocycles. The number of amidine groups is 1. The molecule has 1 aliphatic rings. The molecule has 4 rings (SSSR count). The molecule has 7 nitrogen and oxygen atoms in total. The van der Waals surface area contributed by atoms with Crippen molar-refractivity contribution < 1.29 is 31.9 Å². The summed E-state index contributed by atoms with van der Waals surface area (Å²) in [4.78, 5) is 31.2. The Hall–Kier alpha value is -3.99. The first-order valence-corrected chi connectivity index (χ1v) is 10.8. The molecule has 0 aliphatic carbocycles. The maximum Gasteiger partial charge on any atom is 0.573 e. The monoisotopic (exact) mass is 487 g/mol. The number of alkyl halides is 3. The Morgan fingerprint density at radius 2 is 1.82 bits per heavy atom. The molecule has 2 aromatic carbocycles. The highest BCUT2D eigenvalue weighted by Gasteiger charge is 2.33. The van der Waals surface area contributed by atoms with Gasteiger partial charge in [-0.2, -0.15) is 0 Å². The second-order valence-electron chi connectivity index (χ2n) is 6.82. The SMILES string of the molecule is O=C(CSC1=NC(=Cc2ccco2)C(=O)N1c1ccccc1)Nc1ccc(OC(F)(F)F)cc1. The number of benzene rings is 2. The number of nitrogens with zero attached hydrogens (tertiary/aromatic N) is 2. The van der Waals surface area contributed by atoms with Crippen molar-refractivity contribution in [3.8, 4) is 5.75 Å². The van der Waals surface area contributed by atoms with Crippen molar-refractivity contribution in [1.29, 1.82) is 0 Å². The van der Waals surface area contributed by atoms with Gasteiger partial charge in [-0.1, -0.05) is 30.0 Å². The Morgan fingerprint density at radius 3 is 2.47 bits per heavy atom. The second-order valence-corrected chi connectivity index (χ2v) is 7.77. The van der Waals surface area contributed by atoms with E-state index in [0.29, 0.717) is 22.3 Å². The Bertz CT molecular complexity index is 1220. The molecule has 1 aromatic heterocycles. The lowest BCUT2D eigenvalue weighted by molar-refractivity contribution is -0.274. The number of ether oxygens (including phenoxy) is 1. The van der Waals surface area contributed by atoms with Gasteiger partial charge in [0.2, 0.25) is 5.91 Å². The van der Waals surface area contributed by atoms with Crippen molar-refractivity contribution in [2.45, 2.75) is 6.36 Å². The molecule has 0 spiro atoms. The van der Waals surface area contributed by atoms with Gasteiger partial charge in [0.1, 0.15) is 17.2 Å². The Morgan fingerprint density at radius 1 is 1.09 bits per heavy atom. The Balaban J connectivity index is 1.45. The van der Waals surface area contributed by atoms with Crippen molar-refractivity contribution in [3.05, 3.63) is 84.5 Å². The molecule has 0 radical (unpaired) electrons.